The molecule has 4 nitrogen and oxygen atoms in total. The molecule has 90 valence electrons. The molecule has 2 N–H and O–H groups in total. The van der Waals surface area contributed by atoms with Crippen molar-refractivity contribution in [3.63, 3.8) is 0 Å². The van der Waals surface area contributed by atoms with Gasteiger partial charge in [0.05, 0.1) is 11.1 Å². The molecule has 1 unspecified atom stereocenters. The Morgan fingerprint density at radius 1 is 1.29 bits per heavy atom. The Morgan fingerprint density at radius 2 is 2.06 bits per heavy atom. The summed E-state index contributed by atoms with van der Waals surface area (Å²) < 4.78 is 0. The average Bonchev–Trinajstić information content (AvgIpc) is 2.36. The van der Waals surface area contributed by atoms with E-state index in [9.17, 15) is 5.11 Å². The third-order valence-electron chi connectivity index (χ3n) is 2.94. The molecule has 4 heteroatoms. The van der Waals surface area contributed by atoms with Gasteiger partial charge in [-0.05, 0) is 25.5 Å². The lowest BCUT2D eigenvalue weighted by molar-refractivity contribution is 0.0697. The second-order valence-corrected chi connectivity index (χ2v) is 4.44. The third-order valence-corrected chi connectivity index (χ3v) is 2.94. The second-order valence-electron chi connectivity index (χ2n) is 4.44. The zero-order chi connectivity index (χ0) is 12.3. The van der Waals surface area contributed by atoms with Gasteiger partial charge < -0.3 is 10.4 Å². The minimum absolute atomic E-state index is 0.477. The minimum atomic E-state index is -0.716. The van der Waals surface area contributed by atoms with E-state index < -0.39 is 5.60 Å². The van der Waals surface area contributed by atoms with Crippen LogP contribution in [-0.4, -0.2) is 27.2 Å². The van der Waals surface area contributed by atoms with Crippen LogP contribution in [0.15, 0.2) is 30.6 Å². The normalized spacial score (nSPS) is 14.5. The summed E-state index contributed by atoms with van der Waals surface area (Å²) in [5, 5.41) is 14.1. The maximum absolute atomic E-state index is 9.95. The topological polar surface area (TPSA) is 58.0 Å². The summed E-state index contributed by atoms with van der Waals surface area (Å²) in [5.74, 6) is 0.768. The molecule has 1 atom stereocenters. The number of anilines is 1. The fourth-order valence-electron chi connectivity index (χ4n) is 1.54. The lowest BCUT2D eigenvalue weighted by Crippen LogP contribution is -2.32. The van der Waals surface area contributed by atoms with Crippen LogP contribution in [0.5, 0.6) is 0 Å². The van der Waals surface area contributed by atoms with Gasteiger partial charge >= 0.3 is 0 Å². The van der Waals surface area contributed by atoms with E-state index in [0.717, 1.165) is 16.7 Å². The molecule has 0 aliphatic heterocycles. The Labute approximate surface area is 101 Å². The number of nitrogens with zero attached hydrogens (tertiary/aromatic N) is 2. The van der Waals surface area contributed by atoms with Crippen molar-refractivity contribution in [3.05, 3.63) is 30.6 Å². The van der Waals surface area contributed by atoms with Gasteiger partial charge in [0.15, 0.2) is 0 Å². The molecule has 0 saturated carbocycles. The van der Waals surface area contributed by atoms with Crippen molar-refractivity contribution in [2.75, 3.05) is 11.9 Å². The molecular weight excluding hydrogens is 214 g/mol. The number of para-hydroxylation sites is 1. The summed E-state index contributed by atoms with van der Waals surface area (Å²) in [4.78, 5) is 8.40. The van der Waals surface area contributed by atoms with Crippen LogP contribution in [0.2, 0.25) is 0 Å². The predicted molar refractivity (Wildman–Crippen MR) is 68.9 cm³/mol. The van der Waals surface area contributed by atoms with E-state index in [1.54, 1.807) is 0 Å². The summed E-state index contributed by atoms with van der Waals surface area (Å²) in [6, 6.07) is 7.81. The van der Waals surface area contributed by atoms with Crippen molar-refractivity contribution in [2.24, 2.45) is 0 Å². The predicted octanol–water partition coefficient (Wildman–Crippen LogP) is 2.20. The van der Waals surface area contributed by atoms with Gasteiger partial charge in [-0.15, -0.1) is 0 Å². The zero-order valence-electron chi connectivity index (χ0n) is 10.1. The SMILES string of the molecule is CCC(C)(O)CNc1ncnc2ccccc12. The molecule has 0 spiro atoms. The molecule has 0 aliphatic rings. The number of aliphatic hydroxyl groups is 1. The summed E-state index contributed by atoms with van der Waals surface area (Å²) >= 11 is 0. The van der Waals surface area contributed by atoms with Gasteiger partial charge in [0, 0.05) is 11.9 Å². The van der Waals surface area contributed by atoms with Crippen molar-refractivity contribution in [1.29, 1.82) is 0 Å². The number of hydrogen-bond donors (Lipinski definition) is 2. The molecule has 2 aromatic rings. The van der Waals surface area contributed by atoms with Crippen molar-refractivity contribution in [3.8, 4) is 0 Å². The lowest BCUT2D eigenvalue weighted by atomic mass is 10.0. The number of nitrogens with one attached hydrogen (secondary N) is 1. The first-order valence-electron chi connectivity index (χ1n) is 5.78. The fraction of sp³-hybridized carbons (Fsp3) is 0.385. The van der Waals surface area contributed by atoms with Gasteiger partial charge in [-0.3, -0.25) is 0 Å². The molecule has 0 saturated heterocycles. The van der Waals surface area contributed by atoms with E-state index in [0.29, 0.717) is 13.0 Å². The van der Waals surface area contributed by atoms with E-state index in [1.165, 1.54) is 6.33 Å². The van der Waals surface area contributed by atoms with Crippen LogP contribution in [0.3, 0.4) is 0 Å². The van der Waals surface area contributed by atoms with E-state index in [1.807, 2.05) is 38.1 Å². The van der Waals surface area contributed by atoms with E-state index in [4.69, 9.17) is 0 Å². The summed E-state index contributed by atoms with van der Waals surface area (Å²) in [5.41, 5.74) is 0.188. The first-order valence-corrected chi connectivity index (χ1v) is 5.78. The zero-order valence-corrected chi connectivity index (χ0v) is 10.1. The smallest absolute Gasteiger partial charge is 0.137 e. The second kappa shape index (κ2) is 4.67. The third kappa shape index (κ3) is 2.71. The van der Waals surface area contributed by atoms with Gasteiger partial charge in [0.25, 0.3) is 0 Å². The highest BCUT2D eigenvalue weighted by Crippen LogP contribution is 2.19. The number of rotatable bonds is 4. The standard InChI is InChI=1S/C13H17N3O/c1-3-13(2,17)8-14-12-10-6-4-5-7-11(10)15-9-16-12/h4-7,9,17H,3,8H2,1-2H3,(H,14,15,16). The van der Waals surface area contributed by atoms with Gasteiger partial charge in [-0.25, -0.2) is 9.97 Å². The van der Waals surface area contributed by atoms with Crippen LogP contribution < -0.4 is 5.32 Å². The van der Waals surface area contributed by atoms with Crippen molar-refractivity contribution in [2.45, 2.75) is 25.9 Å². The highest BCUT2D eigenvalue weighted by atomic mass is 16.3. The van der Waals surface area contributed by atoms with Crippen LogP contribution in [0.4, 0.5) is 5.82 Å². The molecule has 2 rings (SSSR count). The average molecular weight is 231 g/mol. The lowest BCUT2D eigenvalue weighted by Gasteiger charge is -2.22. The number of aromatic nitrogens is 2. The minimum Gasteiger partial charge on any atom is -0.388 e. The van der Waals surface area contributed by atoms with Crippen molar-refractivity contribution in [1.82, 2.24) is 9.97 Å². The van der Waals surface area contributed by atoms with Crippen LogP contribution >= 0.6 is 0 Å². The van der Waals surface area contributed by atoms with Crippen LogP contribution in [0, 0.1) is 0 Å². The first-order chi connectivity index (χ1) is 8.12. The number of hydrogen-bond acceptors (Lipinski definition) is 4. The van der Waals surface area contributed by atoms with Crippen LogP contribution in [0.1, 0.15) is 20.3 Å². The molecule has 0 radical (unpaired) electrons. The summed E-state index contributed by atoms with van der Waals surface area (Å²) in [6.45, 7) is 4.24. The largest absolute Gasteiger partial charge is 0.388 e. The Bertz CT molecular complexity index is 505. The van der Waals surface area contributed by atoms with E-state index in [2.05, 4.69) is 15.3 Å². The Morgan fingerprint density at radius 3 is 2.82 bits per heavy atom. The fourth-order valence-corrected chi connectivity index (χ4v) is 1.54. The van der Waals surface area contributed by atoms with Crippen LogP contribution in [-0.2, 0) is 0 Å². The Balaban J connectivity index is 2.24. The van der Waals surface area contributed by atoms with Crippen molar-refractivity contribution < 1.29 is 5.11 Å². The molecule has 17 heavy (non-hydrogen) atoms. The molecule has 1 heterocycles. The first kappa shape index (κ1) is 11.8. The monoisotopic (exact) mass is 231 g/mol. The Kier molecular flexibility index (Phi) is 3.24. The van der Waals surface area contributed by atoms with Gasteiger partial charge in [-0.2, -0.15) is 0 Å². The maximum Gasteiger partial charge on any atom is 0.137 e. The highest BCUT2D eigenvalue weighted by molar-refractivity contribution is 5.88. The number of benzene rings is 1. The van der Waals surface area contributed by atoms with Gasteiger partial charge in [-0.1, -0.05) is 19.1 Å². The Hall–Kier alpha value is -1.68. The molecule has 0 amide bonds. The molecule has 0 bridgehead atoms. The summed E-state index contributed by atoms with van der Waals surface area (Å²) in [6.07, 6.45) is 2.23. The molecule has 0 fully saturated rings. The highest BCUT2D eigenvalue weighted by Gasteiger charge is 2.17. The number of fused-ring (bicyclic) bond motifs is 1. The molecule has 0 aliphatic carbocycles. The summed E-state index contributed by atoms with van der Waals surface area (Å²) in [7, 11) is 0. The van der Waals surface area contributed by atoms with Gasteiger partial charge in [0.2, 0.25) is 0 Å². The van der Waals surface area contributed by atoms with E-state index in [-0.39, 0.29) is 0 Å². The van der Waals surface area contributed by atoms with Crippen LogP contribution in [0.25, 0.3) is 10.9 Å². The maximum atomic E-state index is 9.95. The van der Waals surface area contributed by atoms with E-state index >= 15 is 0 Å². The van der Waals surface area contributed by atoms with Crippen molar-refractivity contribution >= 4 is 16.7 Å². The quantitative estimate of drug-likeness (QED) is 0.847. The molecule has 1 aromatic heterocycles. The molecule has 1 aromatic carbocycles. The molecular formula is C13H17N3O. The van der Waals surface area contributed by atoms with Gasteiger partial charge in [0.1, 0.15) is 12.1 Å².